The van der Waals surface area contributed by atoms with Crippen molar-refractivity contribution in [2.24, 2.45) is 0 Å². The Hall–Kier alpha value is -1.95. The number of rotatable bonds is 0. The minimum atomic E-state index is -0.316. The molecule has 1 aromatic heterocycles. The maximum atomic E-state index is 13.2. The Morgan fingerprint density at radius 1 is 1.31 bits per heavy atom. The van der Waals surface area contributed by atoms with Crippen LogP contribution in [0.15, 0.2) is 18.2 Å². The molecule has 1 heterocycles. The first kappa shape index (κ1) is 9.29. The van der Waals surface area contributed by atoms with Gasteiger partial charge in [-0.2, -0.15) is 5.26 Å². The summed E-state index contributed by atoms with van der Waals surface area (Å²) < 4.78 is 13.2. The van der Waals surface area contributed by atoms with E-state index in [1.807, 2.05) is 0 Å². The van der Waals surface area contributed by atoms with Crippen molar-refractivity contribution in [2.75, 3.05) is 0 Å². The summed E-state index contributed by atoms with van der Waals surface area (Å²) in [6, 6.07) is 6.62. The number of hydrogen-bond donors (Lipinski definition) is 0. The van der Waals surface area contributed by atoms with Gasteiger partial charge in [0.15, 0.2) is 0 Å². The van der Waals surface area contributed by atoms with Crippen molar-refractivity contribution >= 4 is 10.9 Å². The number of fused-ring (bicyclic) bond motifs is 2. The van der Waals surface area contributed by atoms with Crippen LogP contribution < -0.4 is 0 Å². The molecule has 0 unspecified atom stereocenters. The zero-order chi connectivity index (χ0) is 11.1. The molecule has 78 valence electrons. The van der Waals surface area contributed by atoms with Gasteiger partial charge in [0.05, 0.1) is 11.1 Å². The van der Waals surface area contributed by atoms with Gasteiger partial charge in [0.2, 0.25) is 0 Å². The quantitative estimate of drug-likeness (QED) is 0.673. The Morgan fingerprint density at radius 3 is 3.00 bits per heavy atom. The lowest BCUT2D eigenvalue weighted by Gasteiger charge is -2.06. The molecule has 0 aliphatic heterocycles. The molecule has 0 saturated carbocycles. The highest BCUT2D eigenvalue weighted by Crippen LogP contribution is 2.29. The molecule has 2 aromatic rings. The van der Waals surface area contributed by atoms with Gasteiger partial charge >= 0.3 is 0 Å². The Bertz CT molecular complexity index is 626. The Balaban J connectivity index is 2.46. The third-order valence-corrected chi connectivity index (χ3v) is 3.09. The summed E-state index contributed by atoms with van der Waals surface area (Å²) in [6.45, 7) is 0. The van der Waals surface area contributed by atoms with Gasteiger partial charge < -0.3 is 0 Å². The van der Waals surface area contributed by atoms with Gasteiger partial charge in [0, 0.05) is 11.1 Å². The van der Waals surface area contributed by atoms with Gasteiger partial charge in [-0.15, -0.1) is 0 Å². The van der Waals surface area contributed by atoms with Crippen LogP contribution in [-0.4, -0.2) is 4.98 Å². The number of pyridine rings is 1. The first-order valence-electron chi connectivity index (χ1n) is 5.30. The molecule has 2 nitrogen and oxygen atoms in total. The fourth-order valence-electron chi connectivity index (χ4n) is 2.36. The van der Waals surface area contributed by atoms with Gasteiger partial charge in [-0.1, -0.05) is 0 Å². The molecular weight excluding hydrogens is 203 g/mol. The van der Waals surface area contributed by atoms with Crippen LogP contribution in [0.2, 0.25) is 0 Å². The van der Waals surface area contributed by atoms with Crippen LogP contribution in [0.5, 0.6) is 0 Å². The Morgan fingerprint density at radius 2 is 2.19 bits per heavy atom. The van der Waals surface area contributed by atoms with Crippen LogP contribution in [0.25, 0.3) is 10.9 Å². The topological polar surface area (TPSA) is 36.7 Å². The van der Waals surface area contributed by atoms with Gasteiger partial charge in [-0.25, -0.2) is 4.39 Å². The summed E-state index contributed by atoms with van der Waals surface area (Å²) in [5.74, 6) is -0.316. The van der Waals surface area contributed by atoms with Gasteiger partial charge in [0.1, 0.15) is 11.9 Å². The first-order chi connectivity index (χ1) is 7.79. The van der Waals surface area contributed by atoms with Crippen molar-refractivity contribution in [1.29, 1.82) is 5.26 Å². The zero-order valence-electron chi connectivity index (χ0n) is 8.63. The molecule has 0 amide bonds. The van der Waals surface area contributed by atoms with Crippen LogP contribution in [-0.2, 0) is 12.8 Å². The summed E-state index contributed by atoms with van der Waals surface area (Å²) in [7, 11) is 0. The van der Waals surface area contributed by atoms with E-state index < -0.39 is 0 Å². The van der Waals surface area contributed by atoms with E-state index in [0.717, 1.165) is 36.0 Å². The molecule has 0 bridgehead atoms. The van der Waals surface area contributed by atoms with Gasteiger partial charge in [-0.05, 0) is 43.0 Å². The summed E-state index contributed by atoms with van der Waals surface area (Å²) in [6.07, 6.45) is 2.85. The van der Waals surface area contributed by atoms with Crippen LogP contribution in [0, 0.1) is 17.1 Å². The van der Waals surface area contributed by atoms with Crippen LogP contribution >= 0.6 is 0 Å². The van der Waals surface area contributed by atoms with E-state index in [-0.39, 0.29) is 5.82 Å². The highest BCUT2D eigenvalue weighted by Gasteiger charge is 2.19. The van der Waals surface area contributed by atoms with Crippen LogP contribution in [0.4, 0.5) is 4.39 Å². The smallest absolute Gasteiger partial charge is 0.124 e. The number of hydrogen-bond acceptors (Lipinski definition) is 2. The summed E-state index contributed by atoms with van der Waals surface area (Å²) in [4.78, 5) is 4.49. The molecule has 1 aliphatic carbocycles. The lowest BCUT2D eigenvalue weighted by Crippen LogP contribution is -1.95. The number of benzene rings is 1. The van der Waals surface area contributed by atoms with E-state index in [0.29, 0.717) is 10.9 Å². The predicted molar refractivity (Wildman–Crippen MR) is 58.4 cm³/mol. The molecule has 0 fully saturated rings. The highest BCUT2D eigenvalue weighted by atomic mass is 19.1. The molecular formula is C13H9FN2. The van der Waals surface area contributed by atoms with Crippen LogP contribution in [0.1, 0.15) is 23.2 Å². The average Bonchev–Trinajstić information content (AvgIpc) is 2.73. The van der Waals surface area contributed by atoms with Crippen molar-refractivity contribution in [3.63, 3.8) is 0 Å². The number of nitriles is 1. The van der Waals surface area contributed by atoms with Crippen molar-refractivity contribution in [3.8, 4) is 6.07 Å². The lowest BCUT2D eigenvalue weighted by atomic mass is 10.0. The van der Waals surface area contributed by atoms with Crippen molar-refractivity contribution < 1.29 is 4.39 Å². The van der Waals surface area contributed by atoms with Crippen molar-refractivity contribution in [2.45, 2.75) is 19.3 Å². The molecule has 0 radical (unpaired) electrons. The van der Waals surface area contributed by atoms with E-state index >= 15 is 0 Å². The Kier molecular flexibility index (Phi) is 1.90. The zero-order valence-corrected chi connectivity index (χ0v) is 8.63. The second-order valence-electron chi connectivity index (χ2n) is 4.04. The van der Waals surface area contributed by atoms with Crippen molar-refractivity contribution in [3.05, 3.63) is 40.8 Å². The van der Waals surface area contributed by atoms with Crippen LogP contribution in [0.3, 0.4) is 0 Å². The highest BCUT2D eigenvalue weighted by molar-refractivity contribution is 5.86. The SMILES string of the molecule is N#Cc1c2c(nc3ccc(F)cc13)CCC2. The normalized spacial score (nSPS) is 13.8. The summed E-state index contributed by atoms with van der Waals surface area (Å²) in [5, 5.41) is 9.83. The van der Waals surface area contributed by atoms with E-state index in [2.05, 4.69) is 11.1 Å². The second kappa shape index (κ2) is 3.28. The molecule has 0 atom stereocenters. The largest absolute Gasteiger partial charge is 0.252 e. The number of halogens is 1. The molecule has 1 aliphatic rings. The molecule has 16 heavy (non-hydrogen) atoms. The third kappa shape index (κ3) is 1.20. The average molecular weight is 212 g/mol. The Labute approximate surface area is 92.3 Å². The maximum absolute atomic E-state index is 13.2. The van der Waals surface area contributed by atoms with Gasteiger partial charge in [0.25, 0.3) is 0 Å². The second-order valence-corrected chi connectivity index (χ2v) is 4.04. The summed E-state index contributed by atoms with van der Waals surface area (Å²) in [5.41, 5.74) is 3.35. The minimum Gasteiger partial charge on any atom is -0.252 e. The molecule has 0 N–H and O–H groups in total. The third-order valence-electron chi connectivity index (χ3n) is 3.09. The van der Waals surface area contributed by atoms with E-state index in [9.17, 15) is 9.65 Å². The summed E-state index contributed by atoms with van der Waals surface area (Å²) >= 11 is 0. The number of aromatic nitrogens is 1. The van der Waals surface area contributed by atoms with E-state index in [1.165, 1.54) is 12.1 Å². The predicted octanol–water partition coefficient (Wildman–Crippen LogP) is 2.73. The van der Waals surface area contributed by atoms with E-state index in [4.69, 9.17) is 0 Å². The first-order valence-corrected chi connectivity index (χ1v) is 5.30. The standard InChI is InChI=1S/C13H9FN2/c14-8-4-5-13-10(6-8)11(7-15)9-2-1-3-12(9)16-13/h4-6H,1-3H2. The fourth-order valence-corrected chi connectivity index (χ4v) is 2.36. The molecule has 0 saturated heterocycles. The minimum absolute atomic E-state index is 0.316. The van der Waals surface area contributed by atoms with Gasteiger partial charge in [-0.3, -0.25) is 4.98 Å². The monoisotopic (exact) mass is 212 g/mol. The maximum Gasteiger partial charge on any atom is 0.124 e. The number of nitrogens with zero attached hydrogens (tertiary/aromatic N) is 2. The molecule has 3 rings (SSSR count). The lowest BCUT2D eigenvalue weighted by molar-refractivity contribution is 0.629. The molecule has 1 aromatic carbocycles. The van der Waals surface area contributed by atoms with Crippen molar-refractivity contribution in [1.82, 2.24) is 4.98 Å². The number of aryl methyl sites for hydroxylation is 1. The van der Waals surface area contributed by atoms with E-state index in [1.54, 1.807) is 6.07 Å². The molecule has 0 spiro atoms. The fraction of sp³-hybridized carbons (Fsp3) is 0.231. The molecule has 3 heteroatoms.